The first-order valence-corrected chi connectivity index (χ1v) is 13.9. The van der Waals surface area contributed by atoms with E-state index < -0.39 is 28.7 Å². The highest BCUT2D eigenvalue weighted by atomic mass is 32.2. The molecule has 3 rings (SSSR count). The highest BCUT2D eigenvalue weighted by molar-refractivity contribution is 8.02. The minimum absolute atomic E-state index is 0.0433. The molecule has 2 amide bonds. The second kappa shape index (κ2) is 11.5. The van der Waals surface area contributed by atoms with Gasteiger partial charge in [0.05, 0.1) is 35.8 Å². The van der Waals surface area contributed by atoms with Crippen LogP contribution in [0.1, 0.15) is 59.8 Å². The summed E-state index contributed by atoms with van der Waals surface area (Å²) in [4.78, 5) is 44.9. The molecule has 7 nitrogen and oxygen atoms in total. The van der Waals surface area contributed by atoms with Crippen molar-refractivity contribution in [2.75, 3.05) is 19.8 Å². The van der Waals surface area contributed by atoms with E-state index >= 15 is 0 Å². The molecule has 3 saturated heterocycles. The maximum atomic E-state index is 14.2. The smallest absolute Gasteiger partial charge is 0.310 e. The van der Waals surface area contributed by atoms with Crippen LogP contribution >= 0.6 is 11.8 Å². The molecule has 2 bridgehead atoms. The van der Waals surface area contributed by atoms with Gasteiger partial charge in [-0.05, 0) is 51.9 Å². The summed E-state index contributed by atoms with van der Waals surface area (Å²) in [7, 11) is 0. The van der Waals surface area contributed by atoms with E-state index in [-0.39, 0.29) is 41.6 Å². The number of amides is 2. The zero-order chi connectivity index (χ0) is 25.9. The minimum atomic E-state index is -0.727. The van der Waals surface area contributed by atoms with Gasteiger partial charge >= 0.3 is 5.97 Å². The number of thioether (sulfide) groups is 1. The van der Waals surface area contributed by atoms with Gasteiger partial charge in [-0.2, -0.15) is 0 Å². The first-order chi connectivity index (χ1) is 16.7. The number of hydrogen-bond donors (Lipinski definition) is 1. The molecule has 35 heavy (non-hydrogen) atoms. The van der Waals surface area contributed by atoms with Gasteiger partial charge in [-0.25, -0.2) is 0 Å². The van der Waals surface area contributed by atoms with Gasteiger partial charge in [0.15, 0.2) is 0 Å². The van der Waals surface area contributed by atoms with E-state index in [2.05, 4.69) is 20.1 Å². The van der Waals surface area contributed by atoms with Gasteiger partial charge in [0.25, 0.3) is 0 Å². The molecule has 0 radical (unpaired) electrons. The number of carbonyl (C=O) groups is 3. The number of likely N-dealkylation sites (tertiary alicyclic amines) is 1. The van der Waals surface area contributed by atoms with Crippen molar-refractivity contribution < 1.29 is 24.2 Å². The van der Waals surface area contributed by atoms with E-state index in [9.17, 15) is 19.5 Å². The van der Waals surface area contributed by atoms with E-state index in [1.807, 2.05) is 26.8 Å². The third-order valence-corrected chi connectivity index (χ3v) is 10.1. The third kappa shape index (κ3) is 4.68. The Morgan fingerprint density at radius 3 is 2.60 bits per heavy atom. The first kappa shape index (κ1) is 27.8. The van der Waals surface area contributed by atoms with Gasteiger partial charge in [-0.1, -0.05) is 26.0 Å². The van der Waals surface area contributed by atoms with E-state index in [0.717, 1.165) is 25.7 Å². The number of rotatable bonds is 13. The molecule has 1 spiro atoms. The number of aliphatic hydroxyl groups excluding tert-OH is 1. The molecule has 0 aromatic rings. The van der Waals surface area contributed by atoms with E-state index in [1.54, 1.807) is 27.6 Å². The Bertz CT molecular complexity index is 828. The van der Waals surface area contributed by atoms with Crippen molar-refractivity contribution in [3.8, 4) is 0 Å². The van der Waals surface area contributed by atoms with Gasteiger partial charge in [0.1, 0.15) is 6.04 Å². The van der Waals surface area contributed by atoms with Crippen LogP contribution in [0, 0.1) is 17.8 Å². The Morgan fingerprint density at radius 2 is 2.03 bits per heavy atom. The van der Waals surface area contributed by atoms with Gasteiger partial charge in [-0.3, -0.25) is 14.4 Å². The van der Waals surface area contributed by atoms with E-state index in [0.29, 0.717) is 19.6 Å². The zero-order valence-electron chi connectivity index (χ0n) is 21.7. The highest BCUT2D eigenvalue weighted by Crippen LogP contribution is 2.69. The number of carbonyl (C=O) groups excluding carboxylic acids is 3. The molecule has 3 aliphatic heterocycles. The van der Waals surface area contributed by atoms with Crippen LogP contribution in [-0.4, -0.2) is 80.6 Å². The van der Waals surface area contributed by atoms with Crippen LogP contribution in [0.25, 0.3) is 0 Å². The second-order valence-electron chi connectivity index (χ2n) is 10.4. The van der Waals surface area contributed by atoms with Gasteiger partial charge in [0, 0.05) is 17.8 Å². The maximum Gasteiger partial charge on any atom is 0.310 e. The lowest BCUT2D eigenvalue weighted by molar-refractivity contribution is -0.155. The number of hydrogen-bond acceptors (Lipinski definition) is 6. The molecular formula is C27H42N2O5S. The summed E-state index contributed by atoms with van der Waals surface area (Å²) in [6.07, 6.45) is 7.36. The van der Waals surface area contributed by atoms with E-state index in [4.69, 9.17) is 4.74 Å². The molecule has 196 valence electrons. The normalized spacial score (nSPS) is 32.0. The molecule has 3 heterocycles. The molecule has 0 aromatic carbocycles. The fraction of sp³-hybridized carbons (Fsp3) is 0.741. The van der Waals surface area contributed by atoms with Crippen LogP contribution in [0.15, 0.2) is 25.3 Å². The number of fused-ring (bicyclic) bond motifs is 1. The largest absolute Gasteiger partial charge is 0.465 e. The second-order valence-corrected chi connectivity index (χ2v) is 11.9. The summed E-state index contributed by atoms with van der Waals surface area (Å²) in [6.45, 7) is 15.9. The fourth-order valence-electron chi connectivity index (χ4n) is 6.33. The number of allylic oxidation sites excluding steroid dienone is 1. The summed E-state index contributed by atoms with van der Waals surface area (Å²) in [5.74, 6) is -1.75. The van der Waals surface area contributed by atoms with Gasteiger partial charge < -0.3 is 19.6 Å². The lowest BCUT2D eigenvalue weighted by Gasteiger charge is -2.42. The van der Waals surface area contributed by atoms with Crippen LogP contribution in [0.5, 0.6) is 0 Å². The molecule has 3 unspecified atom stereocenters. The average molecular weight is 507 g/mol. The van der Waals surface area contributed by atoms with Crippen molar-refractivity contribution in [2.24, 2.45) is 17.8 Å². The van der Waals surface area contributed by atoms with E-state index in [1.165, 1.54) is 0 Å². The number of esters is 1. The lowest BCUT2D eigenvalue weighted by atomic mass is 9.66. The molecule has 0 aromatic heterocycles. The molecule has 0 saturated carbocycles. The minimum Gasteiger partial charge on any atom is -0.465 e. The summed E-state index contributed by atoms with van der Waals surface area (Å²) in [5.41, 5.74) is 0. The number of aliphatic hydroxyl groups is 1. The Balaban J connectivity index is 1.99. The van der Waals surface area contributed by atoms with Crippen LogP contribution in [0.2, 0.25) is 0 Å². The van der Waals surface area contributed by atoms with Gasteiger partial charge in [0.2, 0.25) is 11.8 Å². The lowest BCUT2D eigenvalue weighted by Crippen LogP contribution is -2.60. The average Bonchev–Trinajstić information content (AvgIpc) is 3.41. The monoisotopic (exact) mass is 506 g/mol. The standard InChI is InChI=1S/C27H42N2O5S/c1-7-10-11-12-14-34-26(33)21-20-15-18(6)27(35-20)22(21)24(31)29(19(9-3)16-30)23(27)25(32)28(13-8-2)17(4)5/h7-8,17-23,30H,1-2,9-16H2,3-6H3/t18?,19-,20-,21+,22-,23?,27?/m0/s1. The zero-order valence-corrected chi connectivity index (χ0v) is 22.5. The van der Waals surface area contributed by atoms with Crippen molar-refractivity contribution in [3.05, 3.63) is 25.3 Å². The summed E-state index contributed by atoms with van der Waals surface area (Å²) in [6, 6.07) is -1.27. The molecule has 3 aliphatic rings. The molecule has 0 aliphatic carbocycles. The quantitative estimate of drug-likeness (QED) is 0.234. The Morgan fingerprint density at radius 1 is 1.31 bits per heavy atom. The predicted molar refractivity (Wildman–Crippen MR) is 139 cm³/mol. The third-order valence-electron chi connectivity index (χ3n) is 8.04. The number of ether oxygens (including phenoxy) is 1. The van der Waals surface area contributed by atoms with Crippen LogP contribution < -0.4 is 0 Å². The summed E-state index contributed by atoms with van der Waals surface area (Å²) in [5, 5.41) is 10.1. The molecule has 1 N–H and O–H groups in total. The molecule has 3 fully saturated rings. The maximum absolute atomic E-state index is 14.2. The van der Waals surface area contributed by atoms with Crippen LogP contribution in [0.4, 0.5) is 0 Å². The van der Waals surface area contributed by atoms with Crippen molar-refractivity contribution in [1.82, 2.24) is 9.80 Å². The fourth-order valence-corrected chi connectivity index (χ4v) is 8.72. The number of nitrogens with zero attached hydrogens (tertiary/aromatic N) is 2. The predicted octanol–water partition coefficient (Wildman–Crippen LogP) is 3.42. The first-order valence-electron chi connectivity index (χ1n) is 13.0. The Hall–Kier alpha value is -1.80. The topological polar surface area (TPSA) is 87.2 Å². The highest BCUT2D eigenvalue weighted by Gasteiger charge is 2.77. The molecular weight excluding hydrogens is 464 g/mol. The molecule has 7 atom stereocenters. The van der Waals surface area contributed by atoms with Crippen molar-refractivity contribution >= 4 is 29.5 Å². The number of unbranched alkanes of at least 4 members (excludes halogenated alkanes) is 2. The molecule has 8 heteroatoms. The van der Waals surface area contributed by atoms with Crippen LogP contribution in [-0.2, 0) is 19.1 Å². The Kier molecular flexibility index (Phi) is 9.13. The SMILES string of the molecule is C=CCCCCOC(=O)[C@@H]1[C@@H]2CC(C)C3(S2)C(C(=O)N(CC=C)C(C)C)N([C@@H](CC)CO)C(=O)[C@H]13. The van der Waals surface area contributed by atoms with Crippen molar-refractivity contribution in [2.45, 2.75) is 87.9 Å². The van der Waals surface area contributed by atoms with Crippen molar-refractivity contribution in [1.29, 1.82) is 0 Å². The summed E-state index contributed by atoms with van der Waals surface area (Å²) < 4.78 is 4.96. The van der Waals surface area contributed by atoms with Crippen molar-refractivity contribution in [3.63, 3.8) is 0 Å². The summed E-state index contributed by atoms with van der Waals surface area (Å²) >= 11 is 1.64. The van der Waals surface area contributed by atoms with Crippen LogP contribution in [0.3, 0.4) is 0 Å². The Labute approximate surface area is 214 Å². The van der Waals surface area contributed by atoms with Gasteiger partial charge in [-0.15, -0.1) is 24.9 Å².